The number of halogens is 1. The second kappa shape index (κ2) is 8.54. The van der Waals surface area contributed by atoms with Gasteiger partial charge in [0.05, 0.1) is 21.6 Å². The van der Waals surface area contributed by atoms with E-state index < -0.39 is 0 Å². The summed E-state index contributed by atoms with van der Waals surface area (Å²) < 4.78 is 0.835. The van der Waals surface area contributed by atoms with Gasteiger partial charge in [-0.2, -0.15) is 0 Å². The topological polar surface area (TPSA) is 71.0 Å². The minimum Gasteiger partial charge on any atom is -0.352 e. The number of aryl methyl sites for hydroxylation is 2. The quantitative estimate of drug-likeness (QED) is 0.557. The van der Waals surface area contributed by atoms with Crippen molar-refractivity contribution in [3.63, 3.8) is 0 Å². The van der Waals surface area contributed by atoms with Crippen LogP contribution in [0.25, 0.3) is 10.9 Å². The van der Waals surface area contributed by atoms with Crippen LogP contribution >= 0.6 is 15.9 Å². The molecule has 0 saturated carbocycles. The van der Waals surface area contributed by atoms with Gasteiger partial charge in [-0.3, -0.25) is 9.78 Å². The third-order valence-electron chi connectivity index (χ3n) is 6.35. The molecule has 1 aliphatic heterocycles. The predicted molar refractivity (Wildman–Crippen MR) is 127 cm³/mol. The van der Waals surface area contributed by atoms with Gasteiger partial charge < -0.3 is 10.2 Å². The molecule has 0 aliphatic carbocycles. The molecular formula is C24H28BrN5O. The summed E-state index contributed by atoms with van der Waals surface area (Å²) in [5, 5.41) is 4.34. The second-order valence-electron chi connectivity index (χ2n) is 8.98. The number of piperidine rings is 1. The molecule has 1 fully saturated rings. The first-order valence-corrected chi connectivity index (χ1v) is 11.4. The van der Waals surface area contributed by atoms with E-state index in [1.165, 1.54) is 0 Å². The third kappa shape index (κ3) is 4.42. The molecule has 1 amide bonds. The van der Waals surface area contributed by atoms with Crippen molar-refractivity contribution in [3.05, 3.63) is 58.0 Å². The zero-order valence-electron chi connectivity index (χ0n) is 18.4. The monoisotopic (exact) mass is 481 g/mol. The van der Waals surface area contributed by atoms with Crippen LogP contribution in [0.2, 0.25) is 0 Å². The van der Waals surface area contributed by atoms with Crippen molar-refractivity contribution < 1.29 is 4.79 Å². The average molecular weight is 482 g/mol. The molecule has 0 radical (unpaired) electrons. The molecule has 1 aromatic carbocycles. The number of rotatable bonds is 4. The highest BCUT2D eigenvalue weighted by molar-refractivity contribution is 9.10. The predicted octanol–water partition coefficient (Wildman–Crippen LogP) is 5.15. The van der Waals surface area contributed by atoms with Gasteiger partial charge in [0.2, 0.25) is 5.95 Å². The molecule has 0 bridgehead atoms. The van der Waals surface area contributed by atoms with Gasteiger partial charge in [-0.05, 0) is 65.7 Å². The second-order valence-corrected chi connectivity index (χ2v) is 9.90. The normalized spacial score (nSPS) is 18.2. The van der Waals surface area contributed by atoms with Gasteiger partial charge in [-0.15, -0.1) is 0 Å². The Kier molecular flexibility index (Phi) is 5.97. The van der Waals surface area contributed by atoms with E-state index in [1.807, 2.05) is 30.0 Å². The lowest BCUT2D eigenvalue weighted by Gasteiger charge is -2.46. The lowest BCUT2D eigenvalue weighted by atomic mass is 9.76. The molecule has 1 atom stereocenters. The van der Waals surface area contributed by atoms with E-state index in [9.17, 15) is 4.79 Å². The van der Waals surface area contributed by atoms with Crippen LogP contribution in [0.15, 0.2) is 41.1 Å². The number of nitrogens with one attached hydrogen (secondary N) is 1. The first kappa shape index (κ1) is 21.7. The van der Waals surface area contributed by atoms with Crippen LogP contribution in [0.5, 0.6) is 0 Å². The summed E-state index contributed by atoms with van der Waals surface area (Å²) in [6.45, 7) is 9.83. The zero-order chi connectivity index (χ0) is 22.2. The van der Waals surface area contributed by atoms with E-state index in [2.05, 4.69) is 58.1 Å². The Bertz CT molecular complexity index is 1110. The number of nitrogens with zero attached hydrogens (tertiary/aromatic N) is 4. The lowest BCUT2D eigenvalue weighted by Crippen LogP contribution is -2.55. The minimum absolute atomic E-state index is 0.0165. The molecule has 4 rings (SSSR count). The highest BCUT2D eigenvalue weighted by Crippen LogP contribution is 2.36. The van der Waals surface area contributed by atoms with Gasteiger partial charge in [0, 0.05) is 36.6 Å². The molecule has 1 N–H and O–H groups in total. The number of para-hydroxylation sites is 1. The molecular weight excluding hydrogens is 454 g/mol. The molecule has 1 aliphatic rings. The fourth-order valence-corrected chi connectivity index (χ4v) is 4.60. The number of pyridine rings is 1. The maximum absolute atomic E-state index is 13.8. The van der Waals surface area contributed by atoms with E-state index in [-0.39, 0.29) is 17.4 Å². The lowest BCUT2D eigenvalue weighted by molar-refractivity contribution is 0.0321. The van der Waals surface area contributed by atoms with Crippen molar-refractivity contribution in [2.24, 2.45) is 5.41 Å². The van der Waals surface area contributed by atoms with E-state index >= 15 is 0 Å². The van der Waals surface area contributed by atoms with Crippen LogP contribution in [0, 0.1) is 19.3 Å². The van der Waals surface area contributed by atoms with Crippen LogP contribution in [-0.2, 0) is 0 Å². The molecule has 1 saturated heterocycles. The highest BCUT2D eigenvalue weighted by Gasteiger charge is 2.40. The number of hydrogen-bond acceptors (Lipinski definition) is 5. The first-order valence-electron chi connectivity index (χ1n) is 10.7. The molecule has 0 spiro atoms. The summed E-state index contributed by atoms with van der Waals surface area (Å²) in [5.74, 6) is 0.604. The summed E-state index contributed by atoms with van der Waals surface area (Å²) in [6.07, 6.45) is 5.49. The molecule has 3 heterocycles. The largest absolute Gasteiger partial charge is 0.352 e. The maximum Gasteiger partial charge on any atom is 0.256 e. The summed E-state index contributed by atoms with van der Waals surface area (Å²) in [6, 6.07) is 8.00. The van der Waals surface area contributed by atoms with Crippen molar-refractivity contribution in [2.75, 3.05) is 18.4 Å². The summed E-state index contributed by atoms with van der Waals surface area (Å²) in [7, 11) is 0. The van der Waals surface area contributed by atoms with Crippen molar-refractivity contribution in [2.45, 2.75) is 46.6 Å². The molecule has 31 heavy (non-hydrogen) atoms. The van der Waals surface area contributed by atoms with Gasteiger partial charge >= 0.3 is 0 Å². The number of benzene rings is 1. The Balaban J connectivity index is 1.65. The standard InChI is InChI=1S/C24H28BrN5O/c1-15-11-17-7-5-8-19(21(17)29-16(15)2)22(31)30-10-6-9-24(3,4)20(30)14-28-23-26-12-18(25)13-27-23/h5,7-8,11-13,20H,6,9-10,14H2,1-4H3,(H,26,27,28). The fourth-order valence-electron chi connectivity index (χ4n) is 4.39. The van der Waals surface area contributed by atoms with Gasteiger partial charge in [-0.1, -0.05) is 26.0 Å². The SMILES string of the molecule is Cc1cc2cccc(C(=O)N3CCCC(C)(C)C3CNc3ncc(Br)cn3)c2nc1C. The van der Waals surface area contributed by atoms with Crippen LogP contribution < -0.4 is 5.32 Å². The molecule has 162 valence electrons. The summed E-state index contributed by atoms with van der Waals surface area (Å²) in [5.41, 5.74) is 3.51. The Morgan fingerprint density at radius 1 is 1.26 bits per heavy atom. The van der Waals surface area contributed by atoms with E-state index in [4.69, 9.17) is 4.98 Å². The highest BCUT2D eigenvalue weighted by atomic mass is 79.9. The Morgan fingerprint density at radius 3 is 2.74 bits per heavy atom. The van der Waals surface area contributed by atoms with Crippen molar-refractivity contribution in [3.8, 4) is 0 Å². The number of hydrogen-bond donors (Lipinski definition) is 1. The number of carbonyl (C=O) groups is 1. The van der Waals surface area contributed by atoms with Gasteiger partial charge in [0.25, 0.3) is 5.91 Å². The smallest absolute Gasteiger partial charge is 0.256 e. The van der Waals surface area contributed by atoms with Gasteiger partial charge in [0.15, 0.2) is 0 Å². The first-order chi connectivity index (χ1) is 14.8. The van der Waals surface area contributed by atoms with Crippen molar-refractivity contribution in [1.82, 2.24) is 19.9 Å². The molecule has 3 aromatic rings. The molecule has 1 unspecified atom stereocenters. The zero-order valence-corrected chi connectivity index (χ0v) is 20.0. The number of likely N-dealkylation sites (tertiary alicyclic amines) is 1. The van der Waals surface area contributed by atoms with E-state index in [0.29, 0.717) is 18.1 Å². The Morgan fingerprint density at radius 2 is 2.00 bits per heavy atom. The van der Waals surface area contributed by atoms with Crippen LogP contribution in [-0.4, -0.2) is 44.9 Å². The number of fused-ring (bicyclic) bond motifs is 1. The fraction of sp³-hybridized carbons (Fsp3) is 0.417. The van der Waals surface area contributed by atoms with Gasteiger partial charge in [-0.25, -0.2) is 9.97 Å². The van der Waals surface area contributed by atoms with Crippen LogP contribution in [0.1, 0.15) is 48.3 Å². The van der Waals surface area contributed by atoms with Gasteiger partial charge in [0.1, 0.15) is 0 Å². The number of aromatic nitrogens is 3. The summed E-state index contributed by atoms with van der Waals surface area (Å²) in [4.78, 5) is 29.2. The van der Waals surface area contributed by atoms with Crippen molar-refractivity contribution in [1.29, 1.82) is 0 Å². The molecule has 2 aromatic heterocycles. The number of carbonyl (C=O) groups excluding carboxylic acids is 1. The van der Waals surface area contributed by atoms with E-state index in [0.717, 1.165) is 46.0 Å². The van der Waals surface area contributed by atoms with E-state index in [1.54, 1.807) is 12.4 Å². The average Bonchev–Trinajstić information content (AvgIpc) is 2.73. The van der Waals surface area contributed by atoms with Crippen molar-refractivity contribution >= 4 is 38.7 Å². The minimum atomic E-state index is -0.0270. The Hall–Kier alpha value is -2.54. The molecule has 7 heteroatoms. The maximum atomic E-state index is 13.8. The van der Waals surface area contributed by atoms with Crippen LogP contribution in [0.3, 0.4) is 0 Å². The number of amides is 1. The summed E-state index contributed by atoms with van der Waals surface area (Å²) >= 11 is 3.36. The third-order valence-corrected chi connectivity index (χ3v) is 6.76. The molecule has 6 nitrogen and oxygen atoms in total. The van der Waals surface area contributed by atoms with Crippen LogP contribution in [0.4, 0.5) is 5.95 Å². The Labute approximate surface area is 191 Å². The number of anilines is 1.